The van der Waals surface area contributed by atoms with Crippen LogP contribution in [0.5, 0.6) is 0 Å². The van der Waals surface area contributed by atoms with Gasteiger partial charge in [0, 0.05) is 0 Å². The molecule has 4 N–H and O–H groups in total. The van der Waals surface area contributed by atoms with Gasteiger partial charge in [0.15, 0.2) is 0 Å². The molecule has 4 nitrogen and oxygen atoms in total. The molecule has 0 saturated carbocycles. The zero-order chi connectivity index (χ0) is 8.15. The number of nitrogens with one attached hydrogen (secondary N) is 1. The lowest BCUT2D eigenvalue weighted by molar-refractivity contribution is -0.131. The van der Waals surface area contributed by atoms with Crippen molar-refractivity contribution in [1.82, 2.24) is 5.48 Å². The van der Waals surface area contributed by atoms with Crippen LogP contribution in [0.15, 0.2) is 0 Å². The molecule has 0 aliphatic heterocycles. The van der Waals surface area contributed by atoms with Gasteiger partial charge in [0.2, 0.25) is 0 Å². The lowest BCUT2D eigenvalue weighted by Gasteiger charge is -2.14. The Balaban J connectivity index is 3.81. The van der Waals surface area contributed by atoms with Crippen LogP contribution in [-0.4, -0.2) is 17.2 Å². The molecule has 0 aromatic carbocycles. The number of carbonyl (C=O) groups excluding carboxylic acids is 1. The van der Waals surface area contributed by atoms with Crippen molar-refractivity contribution in [1.29, 1.82) is 0 Å². The van der Waals surface area contributed by atoms with Crippen molar-refractivity contribution >= 4 is 5.91 Å². The molecule has 0 rings (SSSR count). The number of rotatable bonds is 3. The molecule has 60 valence electrons. The van der Waals surface area contributed by atoms with Crippen molar-refractivity contribution in [2.75, 3.05) is 0 Å². The number of hydrogen-bond acceptors (Lipinski definition) is 3. The van der Waals surface area contributed by atoms with E-state index in [0.29, 0.717) is 0 Å². The lowest BCUT2D eigenvalue weighted by Crippen LogP contribution is -2.43. The van der Waals surface area contributed by atoms with Crippen LogP contribution < -0.4 is 11.2 Å². The normalized spacial score (nSPS) is 16.0. The molecule has 10 heavy (non-hydrogen) atoms. The average molecular weight is 146 g/mol. The average Bonchev–Trinajstić information content (AvgIpc) is 2.00. The number of hydroxylamine groups is 1. The van der Waals surface area contributed by atoms with Gasteiger partial charge in [-0.2, -0.15) is 0 Å². The second-order valence-corrected chi connectivity index (χ2v) is 2.39. The van der Waals surface area contributed by atoms with Gasteiger partial charge >= 0.3 is 0 Å². The van der Waals surface area contributed by atoms with Gasteiger partial charge in [0.05, 0.1) is 6.04 Å². The molecule has 0 aromatic heterocycles. The summed E-state index contributed by atoms with van der Waals surface area (Å²) in [5.41, 5.74) is 6.93. The maximum Gasteiger partial charge on any atom is 0.260 e. The smallest absolute Gasteiger partial charge is 0.260 e. The van der Waals surface area contributed by atoms with Crippen LogP contribution in [-0.2, 0) is 4.79 Å². The first-order valence-electron chi connectivity index (χ1n) is 3.33. The topological polar surface area (TPSA) is 75.4 Å². The Kier molecular flexibility index (Phi) is 3.99. The summed E-state index contributed by atoms with van der Waals surface area (Å²) in [5.74, 6) is -0.415. The minimum absolute atomic E-state index is 0.104. The van der Waals surface area contributed by atoms with Gasteiger partial charge in [-0.3, -0.25) is 10.0 Å². The van der Waals surface area contributed by atoms with E-state index in [-0.39, 0.29) is 5.92 Å². The maximum atomic E-state index is 10.6. The molecule has 4 heteroatoms. The number of carbonyl (C=O) groups is 1. The molecule has 0 aliphatic carbocycles. The van der Waals surface area contributed by atoms with Crippen LogP contribution in [0.2, 0.25) is 0 Å². The second kappa shape index (κ2) is 4.24. The highest BCUT2D eigenvalue weighted by atomic mass is 16.5. The highest BCUT2D eigenvalue weighted by Gasteiger charge is 2.17. The Morgan fingerprint density at radius 1 is 1.80 bits per heavy atom. The van der Waals surface area contributed by atoms with Crippen molar-refractivity contribution in [3.05, 3.63) is 0 Å². The van der Waals surface area contributed by atoms with Crippen molar-refractivity contribution in [2.45, 2.75) is 26.3 Å². The van der Waals surface area contributed by atoms with Crippen LogP contribution in [0.1, 0.15) is 20.3 Å². The van der Waals surface area contributed by atoms with E-state index in [1.54, 1.807) is 0 Å². The first-order valence-corrected chi connectivity index (χ1v) is 3.33. The predicted octanol–water partition coefficient (Wildman–Crippen LogP) is -0.135. The van der Waals surface area contributed by atoms with Crippen LogP contribution in [0.25, 0.3) is 0 Å². The molecular formula is C6H14N2O2. The first kappa shape index (κ1) is 9.39. The van der Waals surface area contributed by atoms with Crippen molar-refractivity contribution < 1.29 is 10.0 Å². The van der Waals surface area contributed by atoms with E-state index in [2.05, 4.69) is 0 Å². The minimum Gasteiger partial charge on any atom is -0.320 e. The summed E-state index contributed by atoms with van der Waals surface area (Å²) in [6, 6.07) is -0.602. The maximum absolute atomic E-state index is 10.6. The van der Waals surface area contributed by atoms with Gasteiger partial charge in [0.1, 0.15) is 0 Å². The van der Waals surface area contributed by atoms with E-state index in [9.17, 15) is 4.79 Å². The van der Waals surface area contributed by atoms with Crippen LogP contribution >= 0.6 is 0 Å². The molecule has 0 bridgehead atoms. The zero-order valence-electron chi connectivity index (χ0n) is 6.29. The van der Waals surface area contributed by atoms with Gasteiger partial charge in [-0.05, 0) is 5.92 Å². The fourth-order valence-electron chi connectivity index (χ4n) is 0.587. The summed E-state index contributed by atoms with van der Waals surface area (Å²) < 4.78 is 0. The van der Waals surface area contributed by atoms with E-state index in [1.165, 1.54) is 5.48 Å². The first-order chi connectivity index (χ1) is 4.63. The monoisotopic (exact) mass is 146 g/mol. The largest absolute Gasteiger partial charge is 0.320 e. The summed E-state index contributed by atoms with van der Waals surface area (Å²) in [7, 11) is 0. The Bertz CT molecular complexity index is 116. The standard InChI is InChI=1S/C6H14N2O2/c1-3-4(2)5(7)6(9)8-10/h4-5,10H,3,7H2,1-2H3,(H,8,9)/t4-,5+/m0/s1. The van der Waals surface area contributed by atoms with E-state index >= 15 is 0 Å². The van der Waals surface area contributed by atoms with Gasteiger partial charge in [-0.1, -0.05) is 20.3 Å². The van der Waals surface area contributed by atoms with E-state index in [1.807, 2.05) is 13.8 Å². The summed E-state index contributed by atoms with van der Waals surface area (Å²) in [6.45, 7) is 3.80. The van der Waals surface area contributed by atoms with E-state index < -0.39 is 11.9 Å². The molecule has 0 unspecified atom stereocenters. The molecule has 0 aromatic rings. The molecule has 1 amide bonds. The molecule has 0 spiro atoms. The molecule has 0 fully saturated rings. The Hall–Kier alpha value is -0.610. The third kappa shape index (κ3) is 2.33. The van der Waals surface area contributed by atoms with Crippen LogP contribution in [0.3, 0.4) is 0 Å². The SMILES string of the molecule is CC[C@H](C)[C@@H](N)C(=O)NO. The van der Waals surface area contributed by atoms with Gasteiger partial charge in [-0.15, -0.1) is 0 Å². The van der Waals surface area contributed by atoms with E-state index in [4.69, 9.17) is 10.9 Å². The fourth-order valence-corrected chi connectivity index (χ4v) is 0.587. The van der Waals surface area contributed by atoms with Crippen LogP contribution in [0, 0.1) is 5.92 Å². The molecule has 0 heterocycles. The lowest BCUT2D eigenvalue weighted by atomic mass is 10.00. The number of amides is 1. The molecule has 2 atom stereocenters. The Morgan fingerprint density at radius 3 is 2.60 bits per heavy atom. The fraction of sp³-hybridized carbons (Fsp3) is 0.833. The minimum atomic E-state index is -0.602. The van der Waals surface area contributed by atoms with Gasteiger partial charge < -0.3 is 5.73 Å². The number of nitrogens with two attached hydrogens (primary N) is 1. The Morgan fingerprint density at radius 2 is 2.30 bits per heavy atom. The number of hydrogen-bond donors (Lipinski definition) is 3. The summed E-state index contributed by atoms with van der Waals surface area (Å²) in [4.78, 5) is 10.6. The quantitative estimate of drug-likeness (QED) is 0.383. The van der Waals surface area contributed by atoms with Crippen LogP contribution in [0.4, 0.5) is 0 Å². The Labute approximate surface area is 60.4 Å². The third-order valence-corrected chi connectivity index (χ3v) is 1.67. The van der Waals surface area contributed by atoms with E-state index in [0.717, 1.165) is 6.42 Å². The molecular weight excluding hydrogens is 132 g/mol. The van der Waals surface area contributed by atoms with Gasteiger partial charge in [0.25, 0.3) is 5.91 Å². The molecule has 0 radical (unpaired) electrons. The highest BCUT2D eigenvalue weighted by molar-refractivity contribution is 5.80. The third-order valence-electron chi connectivity index (χ3n) is 1.67. The summed E-state index contributed by atoms with van der Waals surface area (Å²) >= 11 is 0. The molecule has 0 aliphatic rings. The van der Waals surface area contributed by atoms with Crippen molar-refractivity contribution in [2.24, 2.45) is 11.7 Å². The van der Waals surface area contributed by atoms with Crippen molar-refractivity contribution in [3.8, 4) is 0 Å². The molecule has 0 saturated heterocycles. The highest BCUT2D eigenvalue weighted by Crippen LogP contribution is 2.04. The van der Waals surface area contributed by atoms with Crippen molar-refractivity contribution in [3.63, 3.8) is 0 Å². The summed E-state index contributed by atoms with van der Waals surface area (Å²) in [5, 5.41) is 8.17. The predicted molar refractivity (Wildman–Crippen MR) is 37.4 cm³/mol. The summed E-state index contributed by atoms with van der Waals surface area (Å²) in [6.07, 6.45) is 0.828. The second-order valence-electron chi connectivity index (χ2n) is 2.39. The van der Waals surface area contributed by atoms with Gasteiger partial charge in [-0.25, -0.2) is 5.48 Å². The zero-order valence-corrected chi connectivity index (χ0v) is 6.29.